The van der Waals surface area contributed by atoms with E-state index < -0.39 is 12.1 Å². The lowest BCUT2D eigenvalue weighted by atomic mass is 10.0. The van der Waals surface area contributed by atoms with Crippen molar-refractivity contribution in [2.24, 2.45) is 15.9 Å². The molecule has 0 saturated carbocycles. The van der Waals surface area contributed by atoms with Crippen molar-refractivity contribution in [2.75, 3.05) is 26.2 Å². The fourth-order valence-corrected chi connectivity index (χ4v) is 2.80. The SMILES string of the molecule is CC(C)C1=NC(N2CCN(C(=O)c3ccccn3)CC2)=NC(=O)C1F. The lowest BCUT2D eigenvalue weighted by Crippen LogP contribution is -2.51. The summed E-state index contributed by atoms with van der Waals surface area (Å²) < 4.78 is 13.9. The largest absolute Gasteiger partial charge is 0.337 e. The molecule has 3 heterocycles. The predicted octanol–water partition coefficient (Wildman–Crippen LogP) is 1.17. The molecular weight excluding hydrogens is 325 g/mol. The molecule has 25 heavy (non-hydrogen) atoms. The molecule has 2 amide bonds. The van der Waals surface area contributed by atoms with E-state index in [2.05, 4.69) is 15.0 Å². The number of rotatable bonds is 2. The zero-order valence-corrected chi connectivity index (χ0v) is 14.2. The van der Waals surface area contributed by atoms with Gasteiger partial charge >= 0.3 is 0 Å². The van der Waals surface area contributed by atoms with Crippen LogP contribution in [0.4, 0.5) is 4.39 Å². The first-order valence-corrected chi connectivity index (χ1v) is 8.27. The summed E-state index contributed by atoms with van der Waals surface area (Å²) in [6.45, 7) is 5.49. The average Bonchev–Trinajstić information content (AvgIpc) is 2.64. The molecule has 1 saturated heterocycles. The van der Waals surface area contributed by atoms with Crippen LogP contribution in [0.1, 0.15) is 24.3 Å². The van der Waals surface area contributed by atoms with Crippen molar-refractivity contribution in [3.05, 3.63) is 30.1 Å². The molecule has 0 N–H and O–H groups in total. The molecule has 2 aliphatic rings. The molecule has 1 atom stereocenters. The van der Waals surface area contributed by atoms with Crippen LogP contribution in [-0.4, -0.2) is 70.6 Å². The van der Waals surface area contributed by atoms with Gasteiger partial charge < -0.3 is 9.80 Å². The maximum absolute atomic E-state index is 13.9. The summed E-state index contributed by atoms with van der Waals surface area (Å²) in [5, 5.41) is 0. The third kappa shape index (κ3) is 3.57. The van der Waals surface area contributed by atoms with E-state index in [4.69, 9.17) is 0 Å². The third-order valence-electron chi connectivity index (χ3n) is 4.24. The summed E-state index contributed by atoms with van der Waals surface area (Å²) >= 11 is 0. The summed E-state index contributed by atoms with van der Waals surface area (Å²) in [5.74, 6) is -0.859. The van der Waals surface area contributed by atoms with Gasteiger partial charge in [-0.3, -0.25) is 14.6 Å². The maximum atomic E-state index is 13.9. The highest BCUT2D eigenvalue weighted by molar-refractivity contribution is 6.18. The first-order chi connectivity index (χ1) is 12.0. The highest BCUT2D eigenvalue weighted by Crippen LogP contribution is 2.16. The van der Waals surface area contributed by atoms with Gasteiger partial charge in [-0.25, -0.2) is 9.38 Å². The van der Waals surface area contributed by atoms with Gasteiger partial charge in [0, 0.05) is 32.4 Å². The molecule has 132 valence electrons. The molecule has 0 radical (unpaired) electrons. The van der Waals surface area contributed by atoms with Crippen molar-refractivity contribution in [1.82, 2.24) is 14.8 Å². The molecule has 1 unspecified atom stereocenters. The van der Waals surface area contributed by atoms with Gasteiger partial charge in [0.2, 0.25) is 12.1 Å². The van der Waals surface area contributed by atoms with Crippen LogP contribution in [0.25, 0.3) is 0 Å². The second kappa shape index (κ2) is 7.08. The minimum Gasteiger partial charge on any atom is -0.337 e. The van der Waals surface area contributed by atoms with Crippen molar-refractivity contribution in [3.63, 3.8) is 0 Å². The van der Waals surface area contributed by atoms with E-state index in [0.717, 1.165) is 0 Å². The third-order valence-corrected chi connectivity index (χ3v) is 4.24. The summed E-state index contributed by atoms with van der Waals surface area (Å²) in [4.78, 5) is 39.8. The number of piperazine rings is 1. The number of amides is 2. The summed E-state index contributed by atoms with van der Waals surface area (Å²) in [5.41, 5.74) is 0.614. The standard InChI is InChI=1S/C17H20FN5O2/c1-11(2)14-13(18)15(24)21-17(20-14)23-9-7-22(8-10-23)16(25)12-5-3-4-6-19-12/h3-6,11,13H,7-10H2,1-2H3. The van der Waals surface area contributed by atoms with Gasteiger partial charge in [0.1, 0.15) is 5.69 Å². The number of aliphatic imine (C=N–C) groups is 2. The Morgan fingerprint density at radius 1 is 1.20 bits per heavy atom. The molecule has 3 rings (SSSR count). The smallest absolute Gasteiger partial charge is 0.289 e. The Hall–Kier alpha value is -2.64. The number of alkyl halides is 1. The first kappa shape index (κ1) is 17.2. The number of pyridine rings is 1. The zero-order valence-electron chi connectivity index (χ0n) is 14.2. The van der Waals surface area contributed by atoms with Crippen LogP contribution in [-0.2, 0) is 4.79 Å². The number of carbonyl (C=O) groups excluding carboxylic acids is 2. The topological polar surface area (TPSA) is 78.2 Å². The molecule has 0 bridgehead atoms. The quantitative estimate of drug-likeness (QED) is 0.806. The average molecular weight is 345 g/mol. The van der Waals surface area contributed by atoms with Crippen LogP contribution in [0.15, 0.2) is 34.4 Å². The minimum absolute atomic E-state index is 0.128. The Labute approximate surface area is 145 Å². The van der Waals surface area contributed by atoms with Crippen LogP contribution < -0.4 is 0 Å². The monoisotopic (exact) mass is 345 g/mol. The second-order valence-electron chi connectivity index (χ2n) is 6.30. The number of halogens is 1. The highest BCUT2D eigenvalue weighted by Gasteiger charge is 2.33. The molecule has 8 heteroatoms. The maximum Gasteiger partial charge on any atom is 0.289 e. The van der Waals surface area contributed by atoms with E-state index in [1.54, 1.807) is 43.1 Å². The minimum atomic E-state index is -1.75. The molecule has 2 aliphatic heterocycles. The van der Waals surface area contributed by atoms with E-state index in [9.17, 15) is 14.0 Å². The molecule has 7 nitrogen and oxygen atoms in total. The van der Waals surface area contributed by atoms with Gasteiger partial charge in [-0.15, -0.1) is 0 Å². The van der Waals surface area contributed by atoms with Crippen molar-refractivity contribution >= 4 is 23.5 Å². The van der Waals surface area contributed by atoms with Gasteiger partial charge in [-0.1, -0.05) is 19.9 Å². The normalized spacial score (nSPS) is 21.3. The van der Waals surface area contributed by atoms with Crippen molar-refractivity contribution < 1.29 is 14.0 Å². The summed E-state index contributed by atoms with van der Waals surface area (Å²) in [6.07, 6.45) is -0.169. The molecule has 1 fully saturated rings. The van der Waals surface area contributed by atoms with Crippen LogP contribution in [0.5, 0.6) is 0 Å². The number of hydrogen-bond acceptors (Lipinski definition) is 5. The Morgan fingerprint density at radius 3 is 2.52 bits per heavy atom. The van der Waals surface area contributed by atoms with E-state index in [0.29, 0.717) is 31.9 Å². The van der Waals surface area contributed by atoms with Gasteiger partial charge in [0.15, 0.2) is 0 Å². The molecular formula is C17H20FN5O2. The highest BCUT2D eigenvalue weighted by atomic mass is 19.1. The Kier molecular flexibility index (Phi) is 4.87. The fraction of sp³-hybridized carbons (Fsp3) is 0.471. The van der Waals surface area contributed by atoms with Gasteiger partial charge in [-0.05, 0) is 18.1 Å². The van der Waals surface area contributed by atoms with Crippen LogP contribution >= 0.6 is 0 Å². The Morgan fingerprint density at radius 2 is 1.92 bits per heavy atom. The van der Waals surface area contributed by atoms with Gasteiger partial charge in [0.05, 0.1) is 5.71 Å². The number of guanidine groups is 1. The summed E-state index contributed by atoms with van der Waals surface area (Å²) in [6, 6.07) is 5.21. The number of aromatic nitrogens is 1. The second-order valence-corrected chi connectivity index (χ2v) is 6.30. The van der Waals surface area contributed by atoms with Crippen LogP contribution in [0.2, 0.25) is 0 Å². The van der Waals surface area contributed by atoms with Gasteiger partial charge in [-0.2, -0.15) is 4.99 Å². The Bertz CT molecular complexity index is 724. The Balaban J connectivity index is 1.67. The van der Waals surface area contributed by atoms with Crippen molar-refractivity contribution in [3.8, 4) is 0 Å². The number of nitrogens with zero attached hydrogens (tertiary/aromatic N) is 5. The van der Waals surface area contributed by atoms with E-state index in [1.807, 2.05) is 4.90 Å². The van der Waals surface area contributed by atoms with Crippen LogP contribution in [0, 0.1) is 5.92 Å². The lowest BCUT2D eigenvalue weighted by Gasteiger charge is -2.36. The predicted molar refractivity (Wildman–Crippen MR) is 91.3 cm³/mol. The summed E-state index contributed by atoms with van der Waals surface area (Å²) in [7, 11) is 0. The van der Waals surface area contributed by atoms with E-state index in [-0.39, 0.29) is 23.5 Å². The lowest BCUT2D eigenvalue weighted by molar-refractivity contribution is -0.120. The van der Waals surface area contributed by atoms with Crippen molar-refractivity contribution in [1.29, 1.82) is 0 Å². The zero-order chi connectivity index (χ0) is 18.0. The number of hydrogen-bond donors (Lipinski definition) is 0. The van der Waals surface area contributed by atoms with Crippen LogP contribution in [0.3, 0.4) is 0 Å². The first-order valence-electron chi connectivity index (χ1n) is 8.27. The molecule has 0 spiro atoms. The van der Waals surface area contributed by atoms with Gasteiger partial charge in [0.25, 0.3) is 11.8 Å². The fourth-order valence-electron chi connectivity index (χ4n) is 2.80. The van der Waals surface area contributed by atoms with Crippen molar-refractivity contribution in [2.45, 2.75) is 20.0 Å². The van der Waals surface area contributed by atoms with E-state index >= 15 is 0 Å². The molecule has 0 aliphatic carbocycles. The molecule has 1 aromatic rings. The molecule has 1 aromatic heterocycles. The number of carbonyl (C=O) groups is 2. The molecule has 0 aromatic carbocycles. The van der Waals surface area contributed by atoms with E-state index in [1.165, 1.54) is 0 Å².